The largest absolute Gasteiger partial charge is 0.402 e. The molecule has 0 saturated heterocycles. The zero-order chi connectivity index (χ0) is 15.8. The van der Waals surface area contributed by atoms with Crippen molar-refractivity contribution in [2.75, 3.05) is 0 Å². The molecule has 1 aliphatic carbocycles. The molecule has 0 saturated carbocycles. The van der Waals surface area contributed by atoms with Crippen molar-refractivity contribution < 1.29 is 0 Å². The highest BCUT2D eigenvalue weighted by Crippen LogP contribution is 2.24. The lowest BCUT2D eigenvalue weighted by Crippen LogP contribution is -2.04. The summed E-state index contributed by atoms with van der Waals surface area (Å²) < 4.78 is 0. The number of nitrogens with zero attached hydrogens (tertiary/aromatic N) is 1. The van der Waals surface area contributed by atoms with Crippen LogP contribution in [0.3, 0.4) is 0 Å². The monoisotopic (exact) mass is 292 g/mol. The quantitative estimate of drug-likeness (QED) is 0.759. The Kier molecular flexibility index (Phi) is 6.03. The maximum atomic E-state index is 9.18. The molecule has 0 amide bonds. The summed E-state index contributed by atoms with van der Waals surface area (Å²) in [6.45, 7) is 2.24. The van der Waals surface area contributed by atoms with E-state index in [1.54, 1.807) is 6.08 Å². The number of nitriles is 1. The molecule has 0 atom stereocenters. The summed E-state index contributed by atoms with van der Waals surface area (Å²) in [5.74, 6) is 0. The third-order valence-electron chi connectivity index (χ3n) is 3.96. The van der Waals surface area contributed by atoms with Gasteiger partial charge < -0.3 is 5.73 Å². The Balaban J connectivity index is 2.02. The van der Waals surface area contributed by atoms with Crippen LogP contribution in [0.4, 0.5) is 0 Å². The van der Waals surface area contributed by atoms with Crippen molar-refractivity contribution in [1.82, 2.24) is 0 Å². The number of aryl methyl sites for hydroxylation is 1. The normalized spacial score (nSPS) is 16.1. The molecule has 0 aromatic heterocycles. The number of unbranched alkanes of at least 4 members (excludes halogenated alkanes) is 3. The standard InChI is InChI=1S/C20H24N2/c1-2-3-4-5-6-16-7-9-17(10-8-16)13-19-14-20(22)12-11-18(19)15-21/h7-13H,2-6,14,22H2,1H3. The number of nitrogens with two attached hydrogens (primary N) is 1. The fourth-order valence-electron chi connectivity index (χ4n) is 2.65. The number of hydrogen-bond acceptors (Lipinski definition) is 2. The number of hydrogen-bond donors (Lipinski definition) is 1. The molecule has 1 aliphatic rings. The molecule has 0 bridgehead atoms. The molecule has 2 N–H and O–H groups in total. The lowest BCUT2D eigenvalue weighted by molar-refractivity contribution is 0.667. The first-order valence-corrected chi connectivity index (χ1v) is 8.09. The van der Waals surface area contributed by atoms with Gasteiger partial charge in [0.2, 0.25) is 0 Å². The fraction of sp³-hybridized carbons (Fsp3) is 0.350. The molecule has 114 valence electrons. The average Bonchev–Trinajstić information content (AvgIpc) is 2.53. The van der Waals surface area contributed by atoms with Crippen molar-refractivity contribution in [3.8, 4) is 6.07 Å². The van der Waals surface area contributed by atoms with Gasteiger partial charge in [0, 0.05) is 12.1 Å². The molecule has 0 unspecified atom stereocenters. The fourth-order valence-corrected chi connectivity index (χ4v) is 2.65. The molecule has 0 fully saturated rings. The summed E-state index contributed by atoms with van der Waals surface area (Å²) in [6.07, 6.45) is 12.6. The van der Waals surface area contributed by atoms with Crippen LogP contribution < -0.4 is 5.73 Å². The highest BCUT2D eigenvalue weighted by molar-refractivity contribution is 5.64. The first kappa shape index (κ1) is 16.1. The van der Waals surface area contributed by atoms with Crippen LogP contribution in [0.15, 0.2) is 53.3 Å². The molecule has 1 aromatic rings. The van der Waals surface area contributed by atoms with Gasteiger partial charge in [0.15, 0.2) is 0 Å². The van der Waals surface area contributed by atoms with E-state index in [-0.39, 0.29) is 0 Å². The van der Waals surface area contributed by atoms with Crippen LogP contribution >= 0.6 is 0 Å². The SMILES string of the molecule is CCCCCCc1ccc(C=C2CC(N)=CC=C2C#N)cc1. The predicted molar refractivity (Wildman–Crippen MR) is 92.8 cm³/mol. The first-order valence-electron chi connectivity index (χ1n) is 8.09. The second kappa shape index (κ2) is 8.24. The summed E-state index contributed by atoms with van der Waals surface area (Å²) in [6, 6.07) is 10.9. The van der Waals surface area contributed by atoms with Gasteiger partial charge in [-0.2, -0.15) is 5.26 Å². The number of rotatable bonds is 6. The van der Waals surface area contributed by atoms with E-state index in [0.717, 1.165) is 23.3 Å². The second-order valence-electron chi connectivity index (χ2n) is 5.83. The Bertz CT molecular complexity index is 625. The van der Waals surface area contributed by atoms with E-state index in [2.05, 4.69) is 43.3 Å². The third-order valence-corrected chi connectivity index (χ3v) is 3.96. The van der Waals surface area contributed by atoms with E-state index >= 15 is 0 Å². The van der Waals surface area contributed by atoms with Gasteiger partial charge in [0.05, 0.1) is 11.6 Å². The zero-order valence-electron chi connectivity index (χ0n) is 13.3. The van der Waals surface area contributed by atoms with Crippen molar-refractivity contribution in [1.29, 1.82) is 5.26 Å². The molecule has 0 aliphatic heterocycles. The van der Waals surface area contributed by atoms with Crippen LogP contribution in [0.5, 0.6) is 0 Å². The van der Waals surface area contributed by atoms with Gasteiger partial charge in [-0.25, -0.2) is 0 Å². The Morgan fingerprint density at radius 1 is 1.14 bits per heavy atom. The van der Waals surface area contributed by atoms with E-state index in [4.69, 9.17) is 5.73 Å². The summed E-state index contributed by atoms with van der Waals surface area (Å²) in [7, 11) is 0. The lowest BCUT2D eigenvalue weighted by Gasteiger charge is -2.11. The smallest absolute Gasteiger partial charge is 0.0994 e. The Morgan fingerprint density at radius 3 is 2.59 bits per heavy atom. The van der Waals surface area contributed by atoms with E-state index in [1.165, 1.54) is 31.2 Å². The number of benzene rings is 1. The van der Waals surface area contributed by atoms with Crippen LogP contribution in [0.2, 0.25) is 0 Å². The van der Waals surface area contributed by atoms with Gasteiger partial charge in [-0.05, 0) is 41.7 Å². The maximum Gasteiger partial charge on any atom is 0.0994 e. The molecule has 2 rings (SSSR count). The second-order valence-corrected chi connectivity index (χ2v) is 5.83. The topological polar surface area (TPSA) is 49.8 Å². The molecule has 0 heterocycles. The first-order chi connectivity index (χ1) is 10.7. The van der Waals surface area contributed by atoms with Gasteiger partial charge in [-0.15, -0.1) is 0 Å². The van der Waals surface area contributed by atoms with Crippen LogP contribution in [-0.4, -0.2) is 0 Å². The molecule has 0 spiro atoms. The molecule has 0 radical (unpaired) electrons. The third kappa shape index (κ3) is 4.63. The van der Waals surface area contributed by atoms with Crippen molar-refractivity contribution in [2.45, 2.75) is 45.4 Å². The van der Waals surface area contributed by atoms with Crippen LogP contribution in [0.25, 0.3) is 6.08 Å². The highest BCUT2D eigenvalue weighted by atomic mass is 14.6. The molecular weight excluding hydrogens is 268 g/mol. The van der Waals surface area contributed by atoms with Gasteiger partial charge in [0.25, 0.3) is 0 Å². The summed E-state index contributed by atoms with van der Waals surface area (Å²) in [5, 5.41) is 9.18. The van der Waals surface area contributed by atoms with E-state index in [1.807, 2.05) is 6.08 Å². The van der Waals surface area contributed by atoms with E-state index in [0.29, 0.717) is 12.0 Å². The van der Waals surface area contributed by atoms with Crippen molar-refractivity contribution in [2.24, 2.45) is 5.73 Å². The molecule has 22 heavy (non-hydrogen) atoms. The lowest BCUT2D eigenvalue weighted by atomic mass is 9.94. The summed E-state index contributed by atoms with van der Waals surface area (Å²) in [4.78, 5) is 0. The summed E-state index contributed by atoms with van der Waals surface area (Å²) in [5.41, 5.74) is 10.9. The van der Waals surface area contributed by atoms with Crippen LogP contribution in [0, 0.1) is 11.3 Å². The minimum absolute atomic E-state index is 0.651. The zero-order valence-corrected chi connectivity index (χ0v) is 13.3. The predicted octanol–water partition coefficient (Wildman–Crippen LogP) is 4.89. The van der Waals surface area contributed by atoms with Gasteiger partial charge >= 0.3 is 0 Å². The summed E-state index contributed by atoms with van der Waals surface area (Å²) >= 11 is 0. The van der Waals surface area contributed by atoms with Gasteiger partial charge in [-0.3, -0.25) is 0 Å². The minimum Gasteiger partial charge on any atom is -0.402 e. The van der Waals surface area contributed by atoms with E-state index in [9.17, 15) is 5.26 Å². The molecule has 2 nitrogen and oxygen atoms in total. The van der Waals surface area contributed by atoms with Gasteiger partial charge in [-0.1, -0.05) is 56.5 Å². The molecular formula is C20H24N2. The van der Waals surface area contributed by atoms with Crippen LogP contribution in [0.1, 0.15) is 50.2 Å². The van der Waals surface area contributed by atoms with Crippen molar-refractivity contribution >= 4 is 6.08 Å². The van der Waals surface area contributed by atoms with Crippen molar-refractivity contribution in [3.05, 3.63) is 64.4 Å². The average molecular weight is 292 g/mol. The van der Waals surface area contributed by atoms with E-state index < -0.39 is 0 Å². The van der Waals surface area contributed by atoms with Gasteiger partial charge in [0.1, 0.15) is 0 Å². The molecule has 1 aromatic carbocycles. The van der Waals surface area contributed by atoms with Crippen LogP contribution in [-0.2, 0) is 6.42 Å². The number of allylic oxidation sites excluding steroid dienone is 4. The van der Waals surface area contributed by atoms with Crippen molar-refractivity contribution in [3.63, 3.8) is 0 Å². The molecule has 2 heteroatoms. The Morgan fingerprint density at radius 2 is 1.91 bits per heavy atom. The highest BCUT2D eigenvalue weighted by Gasteiger charge is 2.10. The Hall–Kier alpha value is -2.27. The minimum atomic E-state index is 0.651. The maximum absolute atomic E-state index is 9.18. The Labute approximate surface area is 133 Å².